The van der Waals surface area contributed by atoms with Crippen LogP contribution in [0.15, 0.2) is 98.7 Å². The first-order valence-electron chi connectivity index (χ1n) is 13.4. The number of hydrogen-bond donors (Lipinski definition) is 0. The minimum Gasteiger partial charge on any atom is -0.489 e. The highest BCUT2D eigenvalue weighted by molar-refractivity contribution is 7.98. The molecule has 1 aromatic heterocycles. The Morgan fingerprint density at radius 1 is 1.02 bits per heavy atom. The number of aromatic nitrogens is 1. The molecular weight excluding hydrogens is 553 g/mol. The third kappa shape index (κ3) is 6.39. The summed E-state index contributed by atoms with van der Waals surface area (Å²) in [6, 6.07) is 23.2. The average Bonchev–Trinajstić information content (AvgIpc) is 3.26. The van der Waals surface area contributed by atoms with E-state index in [-0.39, 0.29) is 11.7 Å². The molecule has 0 saturated heterocycles. The molecule has 0 bridgehead atoms. The monoisotopic (exact) mass is 584 g/mol. The Morgan fingerprint density at radius 2 is 1.71 bits per heavy atom. The van der Waals surface area contributed by atoms with Crippen LogP contribution in [-0.2, 0) is 16.1 Å². The van der Waals surface area contributed by atoms with Crippen molar-refractivity contribution in [3.63, 3.8) is 0 Å². The highest BCUT2D eigenvalue weighted by Crippen LogP contribution is 2.32. The van der Waals surface area contributed by atoms with Crippen LogP contribution in [0.5, 0.6) is 5.75 Å². The Hall–Kier alpha value is -3.88. The molecule has 0 N–H and O–H groups in total. The summed E-state index contributed by atoms with van der Waals surface area (Å²) in [5, 5.41) is 0. The van der Waals surface area contributed by atoms with Crippen LogP contribution in [0.25, 0.3) is 6.08 Å². The molecule has 0 saturated carbocycles. The summed E-state index contributed by atoms with van der Waals surface area (Å²) < 4.78 is 13.7. The molecule has 0 aliphatic carbocycles. The SMILES string of the molecule is CSc1ccc([C@H]2C(C(=O)OC(C)C)=C(C)N=c3s/c(=C\c4ccc(OCc5ccc(C)cc5)cc4)c(=O)n32)cc1. The normalized spacial score (nSPS) is 15.1. The highest BCUT2D eigenvalue weighted by Gasteiger charge is 2.33. The van der Waals surface area contributed by atoms with E-state index < -0.39 is 12.0 Å². The van der Waals surface area contributed by atoms with Crippen molar-refractivity contribution in [3.8, 4) is 5.75 Å². The smallest absolute Gasteiger partial charge is 0.338 e. The van der Waals surface area contributed by atoms with E-state index in [4.69, 9.17) is 9.47 Å². The number of aryl methyl sites for hydroxylation is 1. The van der Waals surface area contributed by atoms with Gasteiger partial charge in [-0.2, -0.15) is 0 Å². The number of benzene rings is 3. The van der Waals surface area contributed by atoms with Gasteiger partial charge in [-0.05, 0) is 81.0 Å². The molecule has 2 heterocycles. The number of esters is 1. The fourth-order valence-corrected chi connectivity index (χ4v) is 6.08. The summed E-state index contributed by atoms with van der Waals surface area (Å²) >= 11 is 2.95. The van der Waals surface area contributed by atoms with Gasteiger partial charge in [0.1, 0.15) is 12.4 Å². The Morgan fingerprint density at radius 3 is 2.34 bits per heavy atom. The number of allylic oxidation sites excluding steroid dienone is 1. The molecule has 6 nitrogen and oxygen atoms in total. The second-order valence-electron chi connectivity index (χ2n) is 10.2. The van der Waals surface area contributed by atoms with Crippen molar-refractivity contribution in [1.29, 1.82) is 0 Å². The molecule has 0 unspecified atom stereocenters. The quantitative estimate of drug-likeness (QED) is 0.194. The largest absolute Gasteiger partial charge is 0.489 e. The number of thioether (sulfide) groups is 1. The second kappa shape index (κ2) is 12.3. The first kappa shape index (κ1) is 28.6. The maximum absolute atomic E-state index is 13.9. The lowest BCUT2D eigenvalue weighted by Gasteiger charge is -2.25. The van der Waals surface area contributed by atoms with Crippen molar-refractivity contribution in [2.24, 2.45) is 4.99 Å². The number of hydrogen-bond acceptors (Lipinski definition) is 7. The van der Waals surface area contributed by atoms with E-state index in [1.54, 1.807) is 23.3 Å². The minimum atomic E-state index is -0.631. The molecule has 0 radical (unpaired) electrons. The zero-order valence-corrected chi connectivity index (χ0v) is 25.3. The zero-order chi connectivity index (χ0) is 29.1. The van der Waals surface area contributed by atoms with Crippen molar-refractivity contribution in [2.75, 3.05) is 6.26 Å². The Kier molecular flexibility index (Phi) is 8.61. The van der Waals surface area contributed by atoms with Gasteiger partial charge >= 0.3 is 5.97 Å². The van der Waals surface area contributed by atoms with Gasteiger partial charge in [0.15, 0.2) is 4.80 Å². The predicted molar refractivity (Wildman–Crippen MR) is 165 cm³/mol. The van der Waals surface area contributed by atoms with Crippen LogP contribution in [0.4, 0.5) is 0 Å². The summed E-state index contributed by atoms with van der Waals surface area (Å²) in [5.41, 5.74) is 4.75. The van der Waals surface area contributed by atoms with Gasteiger partial charge in [0, 0.05) is 4.90 Å². The number of rotatable bonds is 8. The number of nitrogens with zero attached hydrogens (tertiary/aromatic N) is 2. The molecular formula is C33H32N2O4S2. The van der Waals surface area contributed by atoms with Crippen molar-refractivity contribution in [1.82, 2.24) is 4.57 Å². The fourth-order valence-electron chi connectivity index (χ4n) is 4.62. The number of ether oxygens (including phenoxy) is 2. The Bertz CT molecular complexity index is 1770. The van der Waals surface area contributed by atoms with Crippen LogP contribution in [-0.4, -0.2) is 22.9 Å². The summed E-state index contributed by atoms with van der Waals surface area (Å²) in [4.78, 5) is 33.4. The van der Waals surface area contributed by atoms with Crippen molar-refractivity contribution < 1.29 is 14.3 Å². The van der Waals surface area contributed by atoms with Gasteiger partial charge < -0.3 is 9.47 Å². The Labute approximate surface area is 247 Å². The molecule has 1 atom stereocenters. The molecule has 1 aliphatic heterocycles. The van der Waals surface area contributed by atoms with Crippen molar-refractivity contribution >= 4 is 35.1 Å². The Balaban J connectivity index is 1.49. The van der Waals surface area contributed by atoms with Crippen molar-refractivity contribution in [3.05, 3.63) is 126 Å². The lowest BCUT2D eigenvalue weighted by molar-refractivity contribution is -0.143. The molecule has 0 amide bonds. The van der Waals surface area contributed by atoms with Gasteiger partial charge in [0.2, 0.25) is 0 Å². The van der Waals surface area contributed by atoms with Gasteiger partial charge in [0.25, 0.3) is 5.56 Å². The van der Waals surface area contributed by atoms with Crippen LogP contribution in [0.3, 0.4) is 0 Å². The highest BCUT2D eigenvalue weighted by atomic mass is 32.2. The maximum atomic E-state index is 13.9. The molecule has 0 fully saturated rings. The van der Waals surface area contributed by atoms with Crippen LogP contribution >= 0.6 is 23.1 Å². The lowest BCUT2D eigenvalue weighted by atomic mass is 9.96. The molecule has 3 aromatic carbocycles. The fraction of sp³-hybridized carbons (Fsp3) is 0.242. The van der Waals surface area contributed by atoms with E-state index in [2.05, 4.69) is 36.2 Å². The average molecular weight is 585 g/mol. The molecule has 5 rings (SSSR count). The van der Waals surface area contributed by atoms with E-state index in [0.717, 1.165) is 27.3 Å². The zero-order valence-electron chi connectivity index (χ0n) is 23.7. The first-order chi connectivity index (χ1) is 19.7. The molecule has 8 heteroatoms. The third-order valence-corrected chi connectivity index (χ3v) is 8.45. The van der Waals surface area contributed by atoms with E-state index in [1.807, 2.05) is 74.7 Å². The topological polar surface area (TPSA) is 69.9 Å². The predicted octanol–water partition coefficient (Wildman–Crippen LogP) is 5.80. The van der Waals surface area contributed by atoms with Crippen LogP contribution < -0.4 is 19.6 Å². The number of carbonyl (C=O) groups is 1. The molecule has 0 spiro atoms. The maximum Gasteiger partial charge on any atom is 0.338 e. The number of carbonyl (C=O) groups excluding carboxylic acids is 1. The van der Waals surface area contributed by atoms with E-state index in [1.165, 1.54) is 16.9 Å². The summed E-state index contributed by atoms with van der Waals surface area (Å²) in [6.45, 7) is 7.96. The van der Waals surface area contributed by atoms with Crippen LogP contribution in [0.2, 0.25) is 0 Å². The third-order valence-electron chi connectivity index (χ3n) is 6.72. The van der Waals surface area contributed by atoms with Crippen LogP contribution in [0.1, 0.15) is 49.1 Å². The first-order valence-corrected chi connectivity index (χ1v) is 15.4. The summed E-state index contributed by atoms with van der Waals surface area (Å²) in [7, 11) is 0. The molecule has 210 valence electrons. The molecule has 41 heavy (non-hydrogen) atoms. The lowest BCUT2D eigenvalue weighted by Crippen LogP contribution is -2.40. The van der Waals surface area contributed by atoms with Gasteiger partial charge in [0.05, 0.1) is 27.9 Å². The van der Waals surface area contributed by atoms with Gasteiger partial charge in [-0.15, -0.1) is 11.8 Å². The van der Waals surface area contributed by atoms with Crippen LogP contribution in [0, 0.1) is 6.92 Å². The van der Waals surface area contributed by atoms with E-state index in [9.17, 15) is 9.59 Å². The molecule has 4 aromatic rings. The number of thiazole rings is 1. The standard InChI is InChI=1S/C33H32N2O4S2/c1-20(2)39-32(37)29-22(4)34-33-35(30(29)25-12-16-27(40-5)17-13-25)31(36)28(41-33)18-23-10-14-26(15-11-23)38-19-24-8-6-21(3)7-9-24/h6-18,20,30H,19H2,1-5H3/b28-18-/t30-/m0/s1. The second-order valence-corrected chi connectivity index (χ2v) is 12.0. The molecule has 1 aliphatic rings. The van der Waals surface area contributed by atoms with E-state index >= 15 is 0 Å². The summed E-state index contributed by atoms with van der Waals surface area (Å²) in [5.74, 6) is 0.289. The number of fused-ring (bicyclic) bond motifs is 1. The van der Waals surface area contributed by atoms with Gasteiger partial charge in [-0.25, -0.2) is 9.79 Å². The van der Waals surface area contributed by atoms with Gasteiger partial charge in [-0.1, -0.05) is 65.4 Å². The van der Waals surface area contributed by atoms with E-state index in [0.29, 0.717) is 27.2 Å². The minimum absolute atomic E-state index is 0.199. The van der Waals surface area contributed by atoms with Crippen molar-refractivity contribution in [2.45, 2.75) is 51.3 Å². The van der Waals surface area contributed by atoms with Gasteiger partial charge in [-0.3, -0.25) is 9.36 Å². The summed E-state index contributed by atoms with van der Waals surface area (Å²) in [6.07, 6.45) is 3.57.